The van der Waals surface area contributed by atoms with Crippen LogP contribution in [0.1, 0.15) is 50.5 Å². The number of hydrogen-bond acceptors (Lipinski definition) is 5. The van der Waals surface area contributed by atoms with Crippen LogP contribution in [0.25, 0.3) is 10.2 Å². The molecule has 2 heterocycles. The predicted molar refractivity (Wildman–Crippen MR) is 109 cm³/mol. The normalized spacial score (nSPS) is 16.8. The number of carbonyl (C=O) groups excluding carboxylic acids is 1. The molecule has 1 aliphatic carbocycles. The van der Waals surface area contributed by atoms with Crippen LogP contribution in [-0.4, -0.2) is 33.1 Å². The minimum Gasteiger partial charge on any atom is -0.481 e. The molecule has 2 N–H and O–H groups in total. The minimum absolute atomic E-state index is 0.0879. The molecule has 0 saturated carbocycles. The fourth-order valence-electron chi connectivity index (χ4n) is 3.72. The number of thiophene rings is 1. The van der Waals surface area contributed by atoms with Gasteiger partial charge in [-0.25, -0.2) is 4.98 Å². The zero-order chi connectivity index (χ0) is 20.5. The van der Waals surface area contributed by atoms with Crippen molar-refractivity contribution in [1.82, 2.24) is 14.9 Å². The number of amides is 1. The van der Waals surface area contributed by atoms with Crippen molar-refractivity contribution in [2.24, 2.45) is 11.3 Å². The van der Waals surface area contributed by atoms with Gasteiger partial charge in [-0.1, -0.05) is 20.8 Å². The van der Waals surface area contributed by atoms with Gasteiger partial charge in [0, 0.05) is 24.4 Å². The number of fused-ring (bicyclic) bond motifs is 3. The fourth-order valence-corrected chi connectivity index (χ4v) is 4.98. The van der Waals surface area contributed by atoms with Gasteiger partial charge >= 0.3 is 5.97 Å². The molecule has 0 bridgehead atoms. The molecule has 0 aromatic carbocycles. The van der Waals surface area contributed by atoms with E-state index in [0.29, 0.717) is 11.3 Å². The summed E-state index contributed by atoms with van der Waals surface area (Å²) in [4.78, 5) is 41.8. The Morgan fingerprint density at radius 2 is 2.11 bits per heavy atom. The number of hydrogen-bond donors (Lipinski definition) is 2. The van der Waals surface area contributed by atoms with E-state index < -0.39 is 5.97 Å². The molecule has 1 unspecified atom stereocenters. The van der Waals surface area contributed by atoms with Crippen LogP contribution < -0.4 is 10.9 Å². The Morgan fingerprint density at radius 3 is 2.79 bits per heavy atom. The monoisotopic (exact) mass is 405 g/mol. The number of nitrogens with zero attached hydrogens (tertiary/aromatic N) is 2. The Kier molecular flexibility index (Phi) is 5.88. The number of carboxylic acids is 1. The summed E-state index contributed by atoms with van der Waals surface area (Å²) in [7, 11) is 0. The van der Waals surface area contributed by atoms with Gasteiger partial charge in [0.1, 0.15) is 4.83 Å². The predicted octanol–water partition coefficient (Wildman–Crippen LogP) is 2.59. The number of aliphatic carboxylic acids is 1. The summed E-state index contributed by atoms with van der Waals surface area (Å²) < 4.78 is 1.49. The van der Waals surface area contributed by atoms with Crippen LogP contribution in [-0.2, 0) is 29.0 Å². The molecule has 28 heavy (non-hydrogen) atoms. The van der Waals surface area contributed by atoms with E-state index in [2.05, 4.69) is 31.1 Å². The van der Waals surface area contributed by atoms with E-state index in [4.69, 9.17) is 5.11 Å². The lowest BCUT2D eigenvalue weighted by Gasteiger charge is -2.33. The molecule has 2 aromatic heterocycles. The molecule has 2 aromatic rings. The van der Waals surface area contributed by atoms with Crippen molar-refractivity contribution in [2.45, 2.75) is 59.4 Å². The second-order valence-electron chi connectivity index (χ2n) is 8.48. The third kappa shape index (κ3) is 4.43. The molecule has 0 spiro atoms. The van der Waals surface area contributed by atoms with Crippen LogP contribution in [0.4, 0.5) is 0 Å². The van der Waals surface area contributed by atoms with Gasteiger partial charge in [0.05, 0.1) is 18.1 Å². The number of carboxylic acid groups (broad SMARTS) is 1. The highest BCUT2D eigenvalue weighted by Gasteiger charge is 2.31. The molecule has 1 atom stereocenters. The second kappa shape index (κ2) is 8.03. The zero-order valence-electron chi connectivity index (χ0n) is 16.6. The average molecular weight is 406 g/mol. The van der Waals surface area contributed by atoms with Crippen molar-refractivity contribution in [1.29, 1.82) is 0 Å². The van der Waals surface area contributed by atoms with E-state index in [9.17, 15) is 14.4 Å². The Hall–Kier alpha value is -2.22. The summed E-state index contributed by atoms with van der Waals surface area (Å²) in [6.45, 7) is 7.12. The van der Waals surface area contributed by atoms with Gasteiger partial charge in [-0.15, -0.1) is 11.3 Å². The van der Waals surface area contributed by atoms with Crippen LogP contribution in [0.2, 0.25) is 0 Å². The van der Waals surface area contributed by atoms with Crippen LogP contribution in [0.3, 0.4) is 0 Å². The van der Waals surface area contributed by atoms with E-state index in [1.165, 1.54) is 15.8 Å². The van der Waals surface area contributed by atoms with Gasteiger partial charge in [-0.05, 0) is 36.2 Å². The molecule has 1 amide bonds. The summed E-state index contributed by atoms with van der Waals surface area (Å²) in [6, 6.07) is 0. The molecule has 1 aliphatic rings. The molecular weight excluding hydrogens is 378 g/mol. The average Bonchev–Trinajstić information content (AvgIpc) is 2.98. The Bertz CT molecular complexity index is 955. The molecule has 0 saturated heterocycles. The van der Waals surface area contributed by atoms with Crippen LogP contribution in [0.15, 0.2) is 11.1 Å². The van der Waals surface area contributed by atoms with E-state index in [-0.39, 0.29) is 42.8 Å². The smallest absolute Gasteiger partial charge is 0.305 e. The van der Waals surface area contributed by atoms with E-state index in [1.54, 1.807) is 11.3 Å². The van der Waals surface area contributed by atoms with Gasteiger partial charge in [-0.3, -0.25) is 19.0 Å². The van der Waals surface area contributed by atoms with Crippen LogP contribution in [0.5, 0.6) is 0 Å². The SMILES string of the molecule is CC(C)(C)C1CCc2c(sc3ncn(CCC(=O)NCCC(=O)O)c(=O)c23)C1. The zero-order valence-corrected chi connectivity index (χ0v) is 17.4. The third-order valence-corrected chi connectivity index (χ3v) is 6.66. The number of rotatable bonds is 6. The highest BCUT2D eigenvalue weighted by Crippen LogP contribution is 2.41. The Labute approximate surface area is 167 Å². The molecule has 8 heteroatoms. The third-order valence-electron chi connectivity index (χ3n) is 5.50. The lowest BCUT2D eigenvalue weighted by atomic mass is 9.72. The van der Waals surface area contributed by atoms with E-state index in [1.807, 2.05) is 0 Å². The molecule has 0 fully saturated rings. The van der Waals surface area contributed by atoms with Gasteiger partial charge in [0.2, 0.25) is 5.91 Å². The summed E-state index contributed by atoms with van der Waals surface area (Å²) >= 11 is 1.62. The van der Waals surface area contributed by atoms with Crippen molar-refractivity contribution in [3.8, 4) is 0 Å². The van der Waals surface area contributed by atoms with Crippen molar-refractivity contribution in [3.63, 3.8) is 0 Å². The number of aromatic nitrogens is 2. The van der Waals surface area contributed by atoms with Gasteiger partial charge in [-0.2, -0.15) is 0 Å². The van der Waals surface area contributed by atoms with Gasteiger partial charge in [0.15, 0.2) is 0 Å². The summed E-state index contributed by atoms with van der Waals surface area (Å²) in [5, 5.41) is 11.9. The maximum Gasteiger partial charge on any atom is 0.305 e. The first-order chi connectivity index (χ1) is 13.2. The summed E-state index contributed by atoms with van der Waals surface area (Å²) in [5.41, 5.74) is 1.29. The Balaban J connectivity index is 1.75. The van der Waals surface area contributed by atoms with Crippen LogP contribution in [0, 0.1) is 11.3 Å². The second-order valence-corrected chi connectivity index (χ2v) is 9.56. The number of aryl methyl sites for hydroxylation is 2. The molecule has 3 rings (SSSR count). The first kappa shape index (κ1) is 20.5. The van der Waals surface area contributed by atoms with Gasteiger partial charge < -0.3 is 10.4 Å². The lowest BCUT2D eigenvalue weighted by molar-refractivity contribution is -0.136. The van der Waals surface area contributed by atoms with Crippen LogP contribution >= 0.6 is 11.3 Å². The topological polar surface area (TPSA) is 101 Å². The first-order valence-electron chi connectivity index (χ1n) is 9.65. The minimum atomic E-state index is -0.956. The number of nitrogens with one attached hydrogen (secondary N) is 1. The maximum absolute atomic E-state index is 13.0. The summed E-state index contributed by atoms with van der Waals surface area (Å²) in [6.07, 6.45) is 4.47. The molecule has 0 radical (unpaired) electrons. The summed E-state index contributed by atoms with van der Waals surface area (Å²) in [5.74, 6) is -0.625. The van der Waals surface area contributed by atoms with E-state index >= 15 is 0 Å². The standard InChI is InChI=1S/C20H27N3O4S/c1-20(2,3)12-4-5-13-14(10-12)28-18-17(13)19(27)23(11-22-18)9-7-15(24)21-8-6-16(25)26/h11-12H,4-10H2,1-3H3,(H,21,24)(H,25,26). The molecule has 0 aliphatic heterocycles. The van der Waals surface area contributed by atoms with E-state index in [0.717, 1.165) is 29.7 Å². The highest BCUT2D eigenvalue weighted by molar-refractivity contribution is 7.18. The first-order valence-corrected chi connectivity index (χ1v) is 10.5. The number of carbonyl (C=O) groups is 2. The van der Waals surface area contributed by atoms with Crippen molar-refractivity contribution >= 4 is 33.4 Å². The fraction of sp³-hybridized carbons (Fsp3) is 0.600. The maximum atomic E-state index is 13.0. The lowest BCUT2D eigenvalue weighted by Crippen LogP contribution is -2.29. The van der Waals surface area contributed by atoms with Crippen molar-refractivity contribution in [3.05, 3.63) is 27.1 Å². The van der Waals surface area contributed by atoms with Gasteiger partial charge in [0.25, 0.3) is 5.56 Å². The molecule has 152 valence electrons. The highest BCUT2D eigenvalue weighted by atomic mass is 32.1. The molecular formula is C20H27N3O4S. The Morgan fingerprint density at radius 1 is 1.36 bits per heavy atom. The van der Waals surface area contributed by atoms with Crippen molar-refractivity contribution < 1.29 is 14.7 Å². The quantitative estimate of drug-likeness (QED) is 0.769. The molecule has 7 nitrogen and oxygen atoms in total. The van der Waals surface area contributed by atoms with Crippen molar-refractivity contribution in [2.75, 3.05) is 6.54 Å². The largest absolute Gasteiger partial charge is 0.481 e.